The number of hydrogen-bond donors (Lipinski definition) is 1. The molecule has 2 aromatic heterocycles. The highest BCUT2D eigenvalue weighted by Gasteiger charge is 2.41. The lowest BCUT2D eigenvalue weighted by Crippen LogP contribution is -2.44. The fourth-order valence-corrected chi connectivity index (χ4v) is 4.64. The highest BCUT2D eigenvalue weighted by molar-refractivity contribution is 5.17. The Kier molecular flexibility index (Phi) is 5.14. The Morgan fingerprint density at radius 2 is 2.08 bits per heavy atom. The van der Waals surface area contributed by atoms with Crippen LogP contribution in [0.4, 0.5) is 0 Å². The van der Waals surface area contributed by atoms with Crippen molar-refractivity contribution in [3.05, 3.63) is 35.4 Å². The minimum Gasteiger partial charge on any atom is -0.312 e. The monoisotopic (exact) mass is 356 g/mol. The first-order valence-electron chi connectivity index (χ1n) is 10.1. The molecular formula is C20H32N6. The first kappa shape index (κ1) is 17.7. The van der Waals surface area contributed by atoms with Gasteiger partial charge in [-0.05, 0) is 50.6 Å². The van der Waals surface area contributed by atoms with Gasteiger partial charge in [0.25, 0.3) is 0 Å². The molecule has 3 heterocycles. The molecule has 1 saturated carbocycles. The largest absolute Gasteiger partial charge is 0.312 e. The minimum absolute atomic E-state index is 0.496. The fourth-order valence-electron chi connectivity index (χ4n) is 4.64. The summed E-state index contributed by atoms with van der Waals surface area (Å²) >= 11 is 0. The van der Waals surface area contributed by atoms with Gasteiger partial charge in [0.2, 0.25) is 0 Å². The molecule has 2 atom stereocenters. The minimum atomic E-state index is 0.496. The first-order chi connectivity index (χ1) is 12.7. The van der Waals surface area contributed by atoms with E-state index in [4.69, 9.17) is 0 Å². The summed E-state index contributed by atoms with van der Waals surface area (Å²) in [5.74, 6) is 0.640. The number of hydrogen-bond acceptors (Lipinski definition) is 4. The van der Waals surface area contributed by atoms with E-state index < -0.39 is 0 Å². The van der Waals surface area contributed by atoms with E-state index in [-0.39, 0.29) is 0 Å². The molecule has 142 valence electrons. The average Bonchev–Trinajstić information content (AvgIpc) is 3.30. The summed E-state index contributed by atoms with van der Waals surface area (Å²) in [5, 5.41) is 12.8. The first-order valence-corrected chi connectivity index (χ1v) is 10.1. The van der Waals surface area contributed by atoms with Gasteiger partial charge in [-0.15, -0.1) is 0 Å². The zero-order valence-electron chi connectivity index (χ0n) is 16.4. The van der Waals surface area contributed by atoms with Crippen LogP contribution in [0.25, 0.3) is 0 Å². The summed E-state index contributed by atoms with van der Waals surface area (Å²) in [5.41, 5.74) is 3.92. The lowest BCUT2D eigenvalue weighted by Gasteiger charge is -2.42. The predicted molar refractivity (Wildman–Crippen MR) is 103 cm³/mol. The van der Waals surface area contributed by atoms with Crippen molar-refractivity contribution < 1.29 is 0 Å². The van der Waals surface area contributed by atoms with Crippen LogP contribution in [0.5, 0.6) is 0 Å². The second-order valence-corrected chi connectivity index (χ2v) is 7.95. The lowest BCUT2D eigenvalue weighted by molar-refractivity contribution is 0.0777. The molecule has 26 heavy (non-hydrogen) atoms. The van der Waals surface area contributed by atoms with Crippen molar-refractivity contribution in [2.45, 2.75) is 57.7 Å². The SMILES string of the molecule is CCc1nn(C)cc1CNC[C@@H]1CCCN(C2CC2)[C@H]1c1ccnn1C. The van der Waals surface area contributed by atoms with E-state index in [2.05, 4.69) is 51.3 Å². The molecular weight excluding hydrogens is 324 g/mol. The van der Waals surface area contributed by atoms with Crippen molar-refractivity contribution in [3.8, 4) is 0 Å². The predicted octanol–water partition coefficient (Wildman–Crippen LogP) is 2.42. The molecule has 0 amide bonds. The third-order valence-electron chi connectivity index (χ3n) is 6.02. The molecule has 0 radical (unpaired) electrons. The Morgan fingerprint density at radius 3 is 2.77 bits per heavy atom. The fraction of sp³-hybridized carbons (Fsp3) is 0.700. The van der Waals surface area contributed by atoms with Gasteiger partial charge in [-0.25, -0.2) is 0 Å². The molecule has 6 nitrogen and oxygen atoms in total. The van der Waals surface area contributed by atoms with Crippen molar-refractivity contribution in [3.63, 3.8) is 0 Å². The third kappa shape index (κ3) is 3.58. The van der Waals surface area contributed by atoms with Gasteiger partial charge < -0.3 is 5.32 Å². The van der Waals surface area contributed by atoms with E-state index in [0.29, 0.717) is 12.0 Å². The van der Waals surface area contributed by atoms with Crippen LogP contribution in [-0.4, -0.2) is 43.6 Å². The Labute approximate surface area is 156 Å². The molecule has 0 unspecified atom stereocenters. The van der Waals surface area contributed by atoms with Gasteiger partial charge in [0.05, 0.1) is 17.4 Å². The van der Waals surface area contributed by atoms with Crippen LogP contribution >= 0.6 is 0 Å². The smallest absolute Gasteiger partial charge is 0.0666 e. The van der Waals surface area contributed by atoms with Crippen LogP contribution in [0.15, 0.2) is 18.5 Å². The van der Waals surface area contributed by atoms with Gasteiger partial charge in [-0.1, -0.05) is 6.92 Å². The van der Waals surface area contributed by atoms with Crippen LogP contribution in [-0.2, 0) is 27.1 Å². The Balaban J connectivity index is 1.45. The van der Waals surface area contributed by atoms with E-state index in [1.165, 1.54) is 49.2 Å². The van der Waals surface area contributed by atoms with E-state index >= 15 is 0 Å². The van der Waals surface area contributed by atoms with Crippen molar-refractivity contribution in [2.24, 2.45) is 20.0 Å². The van der Waals surface area contributed by atoms with E-state index in [0.717, 1.165) is 25.6 Å². The number of likely N-dealkylation sites (tertiary alicyclic amines) is 1. The van der Waals surface area contributed by atoms with Gasteiger partial charge in [0.1, 0.15) is 0 Å². The van der Waals surface area contributed by atoms with Crippen LogP contribution < -0.4 is 5.32 Å². The molecule has 1 aliphatic carbocycles. The molecule has 6 heteroatoms. The quantitative estimate of drug-likeness (QED) is 0.828. The summed E-state index contributed by atoms with van der Waals surface area (Å²) < 4.78 is 4.01. The Morgan fingerprint density at radius 1 is 1.23 bits per heavy atom. The summed E-state index contributed by atoms with van der Waals surface area (Å²) in [6.07, 6.45) is 10.4. The van der Waals surface area contributed by atoms with E-state index in [1.54, 1.807) is 0 Å². The van der Waals surface area contributed by atoms with Gasteiger partial charge in [-0.2, -0.15) is 10.2 Å². The molecule has 1 N–H and O–H groups in total. The molecule has 0 bridgehead atoms. The molecule has 0 spiro atoms. The molecule has 1 aliphatic heterocycles. The number of rotatable bonds is 7. The van der Waals surface area contributed by atoms with Crippen molar-refractivity contribution in [1.82, 2.24) is 29.8 Å². The van der Waals surface area contributed by atoms with Gasteiger partial charge in [0.15, 0.2) is 0 Å². The van der Waals surface area contributed by atoms with E-state index in [9.17, 15) is 0 Å². The molecule has 4 rings (SSSR count). The molecule has 2 aliphatic rings. The van der Waals surface area contributed by atoms with Gasteiger partial charge in [-0.3, -0.25) is 14.3 Å². The molecule has 1 saturated heterocycles. The second-order valence-electron chi connectivity index (χ2n) is 7.95. The number of piperidine rings is 1. The zero-order valence-corrected chi connectivity index (χ0v) is 16.4. The number of aromatic nitrogens is 4. The summed E-state index contributed by atoms with van der Waals surface area (Å²) in [6.45, 7) is 5.38. The van der Waals surface area contributed by atoms with Crippen molar-refractivity contribution >= 4 is 0 Å². The van der Waals surface area contributed by atoms with Crippen LogP contribution in [0.1, 0.15) is 55.6 Å². The maximum atomic E-state index is 4.56. The molecule has 2 fully saturated rings. The topological polar surface area (TPSA) is 50.9 Å². The van der Waals surface area contributed by atoms with Crippen LogP contribution in [0.3, 0.4) is 0 Å². The number of nitrogens with one attached hydrogen (secondary N) is 1. The molecule has 0 aromatic carbocycles. The second kappa shape index (κ2) is 7.53. The lowest BCUT2D eigenvalue weighted by atomic mass is 9.86. The van der Waals surface area contributed by atoms with Gasteiger partial charge in [0, 0.05) is 51.2 Å². The van der Waals surface area contributed by atoms with Crippen LogP contribution in [0, 0.1) is 5.92 Å². The van der Waals surface area contributed by atoms with Crippen molar-refractivity contribution in [2.75, 3.05) is 13.1 Å². The van der Waals surface area contributed by atoms with Gasteiger partial charge >= 0.3 is 0 Å². The molecule has 2 aromatic rings. The number of nitrogens with zero attached hydrogens (tertiary/aromatic N) is 5. The highest BCUT2D eigenvalue weighted by Crippen LogP contribution is 2.42. The average molecular weight is 357 g/mol. The maximum Gasteiger partial charge on any atom is 0.0666 e. The zero-order chi connectivity index (χ0) is 18.1. The standard InChI is InChI=1S/C20H32N6/c1-4-18-16(14-24(2)23-18)13-21-12-15-6-5-11-26(17-7-8-17)20(15)19-9-10-22-25(19)3/h9-10,14-15,17,20-21H,4-8,11-13H2,1-3H3/t15-,20+/m0/s1. The number of aryl methyl sites for hydroxylation is 3. The third-order valence-corrected chi connectivity index (χ3v) is 6.02. The summed E-state index contributed by atoms with van der Waals surface area (Å²) in [4.78, 5) is 2.76. The summed E-state index contributed by atoms with van der Waals surface area (Å²) in [6, 6.07) is 3.51. The van der Waals surface area contributed by atoms with Crippen molar-refractivity contribution in [1.29, 1.82) is 0 Å². The van der Waals surface area contributed by atoms with E-state index in [1.807, 2.05) is 17.9 Å². The Bertz CT molecular complexity index is 728. The Hall–Kier alpha value is -1.66. The highest BCUT2D eigenvalue weighted by atomic mass is 15.3. The summed E-state index contributed by atoms with van der Waals surface area (Å²) in [7, 11) is 4.10. The van der Waals surface area contributed by atoms with Crippen LogP contribution in [0.2, 0.25) is 0 Å². The normalized spacial score (nSPS) is 24.3. The maximum absolute atomic E-state index is 4.56.